The second-order valence-electron chi connectivity index (χ2n) is 3.95. The summed E-state index contributed by atoms with van der Waals surface area (Å²) in [6.07, 6.45) is 1.37. The zero-order chi connectivity index (χ0) is 14.1. The molecule has 0 aliphatic heterocycles. The molecule has 2 N–H and O–H groups in total. The molecule has 0 radical (unpaired) electrons. The van der Waals surface area contributed by atoms with Crippen molar-refractivity contribution in [1.29, 1.82) is 0 Å². The van der Waals surface area contributed by atoms with Gasteiger partial charge in [-0.3, -0.25) is 9.59 Å². The molecule has 0 aliphatic rings. The van der Waals surface area contributed by atoms with Crippen LogP contribution in [0.5, 0.6) is 0 Å². The Morgan fingerprint density at radius 3 is 2.95 bits per heavy atom. The lowest BCUT2D eigenvalue weighted by molar-refractivity contribution is 0.0955. The standard InChI is InChI=1S/C12H8ClN3O2S2/c13-9-2-1-8(20-9)11(18)14-4-6-3-7-10(17)15-5-16-12(7)19-6/h1-3,5H,4H2,(H,14,18)(H,15,16,17). The van der Waals surface area contributed by atoms with Crippen molar-refractivity contribution >= 4 is 50.4 Å². The van der Waals surface area contributed by atoms with Gasteiger partial charge in [-0.05, 0) is 18.2 Å². The SMILES string of the molecule is O=C(NCc1cc2c(=O)[nH]cnc2s1)c1ccc(Cl)s1. The van der Waals surface area contributed by atoms with E-state index in [2.05, 4.69) is 15.3 Å². The van der Waals surface area contributed by atoms with Gasteiger partial charge in [-0.25, -0.2) is 4.98 Å². The van der Waals surface area contributed by atoms with E-state index in [1.54, 1.807) is 18.2 Å². The Bertz CT molecular complexity index is 836. The van der Waals surface area contributed by atoms with Crippen molar-refractivity contribution in [2.45, 2.75) is 6.54 Å². The largest absolute Gasteiger partial charge is 0.346 e. The van der Waals surface area contributed by atoms with Crippen LogP contribution in [0.15, 0.2) is 29.3 Å². The topological polar surface area (TPSA) is 74.8 Å². The molecule has 0 aliphatic carbocycles. The summed E-state index contributed by atoms with van der Waals surface area (Å²) >= 11 is 8.40. The number of H-pyrrole nitrogens is 1. The molecule has 1 amide bonds. The van der Waals surface area contributed by atoms with Gasteiger partial charge in [0.1, 0.15) is 4.83 Å². The number of rotatable bonds is 3. The van der Waals surface area contributed by atoms with Crippen LogP contribution in [-0.2, 0) is 6.54 Å². The van der Waals surface area contributed by atoms with E-state index in [9.17, 15) is 9.59 Å². The summed E-state index contributed by atoms with van der Waals surface area (Å²) in [6.45, 7) is 0.356. The van der Waals surface area contributed by atoms with Crippen LogP contribution in [0, 0.1) is 0 Å². The van der Waals surface area contributed by atoms with Crippen LogP contribution < -0.4 is 10.9 Å². The molecule has 0 atom stereocenters. The van der Waals surface area contributed by atoms with E-state index in [4.69, 9.17) is 11.6 Å². The van der Waals surface area contributed by atoms with Crippen molar-refractivity contribution in [3.8, 4) is 0 Å². The van der Waals surface area contributed by atoms with E-state index in [-0.39, 0.29) is 11.5 Å². The molecule has 20 heavy (non-hydrogen) atoms. The molecule has 0 fully saturated rings. The highest BCUT2D eigenvalue weighted by atomic mass is 35.5. The normalized spacial score (nSPS) is 10.8. The number of halogens is 1. The number of nitrogens with one attached hydrogen (secondary N) is 2. The zero-order valence-corrected chi connectivity index (χ0v) is 12.4. The first-order valence-corrected chi connectivity index (χ1v) is 7.64. The third kappa shape index (κ3) is 2.60. The summed E-state index contributed by atoms with van der Waals surface area (Å²) < 4.78 is 0.577. The number of fused-ring (bicyclic) bond motifs is 1. The Morgan fingerprint density at radius 1 is 1.40 bits per heavy atom. The second kappa shape index (κ2) is 5.35. The quantitative estimate of drug-likeness (QED) is 0.777. The summed E-state index contributed by atoms with van der Waals surface area (Å²) in [5.41, 5.74) is -0.172. The minimum absolute atomic E-state index is 0.172. The van der Waals surface area contributed by atoms with E-state index < -0.39 is 0 Å². The van der Waals surface area contributed by atoms with Crippen molar-refractivity contribution in [2.75, 3.05) is 0 Å². The van der Waals surface area contributed by atoms with Crippen LogP contribution in [0.4, 0.5) is 0 Å². The highest BCUT2D eigenvalue weighted by Crippen LogP contribution is 2.22. The number of thiophene rings is 2. The lowest BCUT2D eigenvalue weighted by atomic mass is 10.3. The van der Waals surface area contributed by atoms with Crippen molar-refractivity contribution in [3.05, 3.63) is 49.0 Å². The van der Waals surface area contributed by atoms with Crippen molar-refractivity contribution in [3.63, 3.8) is 0 Å². The van der Waals surface area contributed by atoms with E-state index >= 15 is 0 Å². The molecule has 5 nitrogen and oxygen atoms in total. The average molecular weight is 326 g/mol. The molecule has 0 bridgehead atoms. The lowest BCUT2D eigenvalue weighted by Gasteiger charge is -2.00. The molecular formula is C12H8ClN3O2S2. The monoisotopic (exact) mass is 325 g/mol. The molecule has 102 valence electrons. The highest BCUT2D eigenvalue weighted by molar-refractivity contribution is 7.18. The third-order valence-corrected chi connectivity index (χ3v) is 4.88. The molecule has 0 unspecified atom stereocenters. The number of hydrogen-bond acceptors (Lipinski definition) is 5. The second-order valence-corrected chi connectivity index (χ2v) is 6.78. The van der Waals surface area contributed by atoms with Gasteiger partial charge in [0.2, 0.25) is 0 Å². The van der Waals surface area contributed by atoms with Crippen LogP contribution in [0.2, 0.25) is 4.34 Å². The Balaban J connectivity index is 1.75. The van der Waals surface area contributed by atoms with Gasteiger partial charge >= 0.3 is 0 Å². The van der Waals surface area contributed by atoms with Gasteiger partial charge < -0.3 is 10.3 Å². The Hall–Kier alpha value is -1.70. The third-order valence-electron chi connectivity index (χ3n) is 2.61. The fourth-order valence-corrected chi connectivity index (χ4v) is 3.59. The van der Waals surface area contributed by atoms with E-state index in [1.165, 1.54) is 29.0 Å². The van der Waals surface area contributed by atoms with Crippen LogP contribution in [-0.4, -0.2) is 15.9 Å². The van der Waals surface area contributed by atoms with Gasteiger partial charge in [-0.2, -0.15) is 0 Å². The number of carbonyl (C=O) groups excluding carboxylic acids is 1. The highest BCUT2D eigenvalue weighted by Gasteiger charge is 2.10. The molecule has 3 aromatic heterocycles. The summed E-state index contributed by atoms with van der Waals surface area (Å²) in [5, 5.41) is 3.33. The number of carbonyl (C=O) groups is 1. The van der Waals surface area contributed by atoms with Crippen LogP contribution in [0.3, 0.4) is 0 Å². The molecule has 0 spiro atoms. The van der Waals surface area contributed by atoms with Gasteiger partial charge in [0.15, 0.2) is 0 Å². The minimum atomic E-state index is -0.179. The Labute approximate surface area is 126 Å². The lowest BCUT2D eigenvalue weighted by Crippen LogP contribution is -2.21. The number of nitrogens with zero attached hydrogens (tertiary/aromatic N) is 1. The first-order valence-electron chi connectivity index (χ1n) is 5.63. The van der Waals surface area contributed by atoms with Crippen molar-refractivity contribution in [1.82, 2.24) is 15.3 Å². The summed E-state index contributed by atoms with van der Waals surface area (Å²) in [6, 6.07) is 5.11. The summed E-state index contributed by atoms with van der Waals surface area (Å²) in [7, 11) is 0. The van der Waals surface area contributed by atoms with E-state index in [0.717, 1.165) is 4.88 Å². The van der Waals surface area contributed by atoms with E-state index in [1.807, 2.05) is 0 Å². The van der Waals surface area contributed by atoms with Gasteiger partial charge in [0.25, 0.3) is 11.5 Å². The summed E-state index contributed by atoms with van der Waals surface area (Å²) in [4.78, 5) is 32.1. The molecular weight excluding hydrogens is 318 g/mol. The average Bonchev–Trinajstić information content (AvgIpc) is 3.03. The number of hydrogen-bond donors (Lipinski definition) is 2. The molecule has 0 saturated heterocycles. The predicted molar refractivity (Wildman–Crippen MR) is 80.7 cm³/mol. The fourth-order valence-electron chi connectivity index (χ4n) is 1.70. The number of aromatic amines is 1. The smallest absolute Gasteiger partial charge is 0.261 e. The molecule has 8 heteroatoms. The predicted octanol–water partition coefficient (Wildman–Crippen LogP) is 2.63. The van der Waals surface area contributed by atoms with E-state index in [0.29, 0.717) is 26.0 Å². The van der Waals surface area contributed by atoms with Gasteiger partial charge in [0.05, 0.1) is 27.5 Å². The maximum atomic E-state index is 11.9. The van der Waals surface area contributed by atoms with Crippen LogP contribution in [0.1, 0.15) is 14.5 Å². The first-order chi connectivity index (χ1) is 9.63. The van der Waals surface area contributed by atoms with Crippen LogP contribution in [0.25, 0.3) is 10.2 Å². The molecule has 3 rings (SSSR count). The zero-order valence-electron chi connectivity index (χ0n) is 9.97. The maximum absolute atomic E-state index is 11.9. The maximum Gasteiger partial charge on any atom is 0.261 e. The van der Waals surface area contributed by atoms with Gasteiger partial charge in [-0.1, -0.05) is 11.6 Å². The number of amides is 1. The molecule has 3 heterocycles. The van der Waals surface area contributed by atoms with Crippen LogP contribution >= 0.6 is 34.3 Å². The van der Waals surface area contributed by atoms with Crippen molar-refractivity contribution in [2.24, 2.45) is 0 Å². The first kappa shape index (κ1) is 13.3. The van der Waals surface area contributed by atoms with Gasteiger partial charge in [0, 0.05) is 4.88 Å². The number of aromatic nitrogens is 2. The fraction of sp³-hybridized carbons (Fsp3) is 0.0833. The Morgan fingerprint density at radius 2 is 2.25 bits per heavy atom. The molecule has 0 aromatic carbocycles. The Kier molecular flexibility index (Phi) is 3.56. The molecule has 3 aromatic rings. The molecule has 0 saturated carbocycles. The van der Waals surface area contributed by atoms with Crippen molar-refractivity contribution < 1.29 is 4.79 Å². The minimum Gasteiger partial charge on any atom is -0.346 e. The summed E-state index contributed by atoms with van der Waals surface area (Å²) in [5.74, 6) is -0.179. The van der Waals surface area contributed by atoms with Gasteiger partial charge in [-0.15, -0.1) is 22.7 Å².